The molecule has 0 aliphatic rings. The fraction of sp³-hybridized carbons (Fsp3) is 0.250. The first-order valence-corrected chi connectivity index (χ1v) is 5.99. The molecule has 0 aromatic heterocycles. The lowest BCUT2D eigenvalue weighted by Gasteiger charge is -1.99. The zero-order valence-corrected chi connectivity index (χ0v) is 8.35. The van der Waals surface area contributed by atoms with Gasteiger partial charge < -0.3 is 5.11 Å². The van der Waals surface area contributed by atoms with E-state index < -0.39 is 9.05 Å². The van der Waals surface area contributed by atoms with Gasteiger partial charge >= 0.3 is 0 Å². The lowest BCUT2D eigenvalue weighted by molar-refractivity contribution is 0.299. The summed E-state index contributed by atoms with van der Waals surface area (Å²) in [6.07, 6.45) is 0.516. The Bertz CT molecular complexity index is 369. The highest BCUT2D eigenvalue weighted by Gasteiger charge is 2.08. The van der Waals surface area contributed by atoms with Crippen molar-refractivity contribution in [2.45, 2.75) is 11.3 Å². The Morgan fingerprint density at radius 1 is 1.23 bits per heavy atom. The van der Waals surface area contributed by atoms with Crippen molar-refractivity contribution in [2.75, 3.05) is 6.61 Å². The lowest BCUT2D eigenvalue weighted by Crippen LogP contribution is -1.93. The average molecular weight is 221 g/mol. The Morgan fingerprint density at radius 3 is 2.15 bits per heavy atom. The Balaban J connectivity index is 2.94. The summed E-state index contributed by atoms with van der Waals surface area (Å²) in [6, 6.07) is 6.11. The smallest absolute Gasteiger partial charge is 0.261 e. The van der Waals surface area contributed by atoms with Crippen LogP contribution >= 0.6 is 10.7 Å². The van der Waals surface area contributed by atoms with Gasteiger partial charge in [0.1, 0.15) is 0 Å². The maximum Gasteiger partial charge on any atom is 0.261 e. The second-order valence-corrected chi connectivity index (χ2v) is 5.12. The van der Waals surface area contributed by atoms with E-state index in [9.17, 15) is 8.42 Å². The monoisotopic (exact) mass is 220 g/mol. The van der Waals surface area contributed by atoms with Crippen LogP contribution in [-0.4, -0.2) is 20.1 Å². The van der Waals surface area contributed by atoms with Crippen molar-refractivity contribution in [1.82, 2.24) is 0 Å². The topological polar surface area (TPSA) is 54.4 Å². The predicted octanol–water partition coefficient (Wildman–Crippen LogP) is 1.15. The largest absolute Gasteiger partial charge is 0.396 e. The molecule has 0 aliphatic carbocycles. The molecule has 1 rings (SSSR count). The van der Waals surface area contributed by atoms with Crippen LogP contribution in [0.3, 0.4) is 0 Å². The van der Waals surface area contributed by atoms with Gasteiger partial charge in [-0.25, -0.2) is 8.42 Å². The number of rotatable bonds is 3. The van der Waals surface area contributed by atoms with Crippen LogP contribution in [0, 0.1) is 0 Å². The molecule has 1 aromatic carbocycles. The van der Waals surface area contributed by atoms with Crippen LogP contribution in [0.1, 0.15) is 5.56 Å². The number of benzene rings is 1. The van der Waals surface area contributed by atoms with Crippen molar-refractivity contribution < 1.29 is 13.5 Å². The SMILES string of the molecule is O=S(=O)(Cl)c1ccc(CCO)cc1. The molecule has 0 unspecified atom stereocenters. The third-order valence-electron chi connectivity index (χ3n) is 1.61. The molecule has 1 N–H and O–H groups in total. The summed E-state index contributed by atoms with van der Waals surface area (Å²) in [5, 5.41) is 8.60. The average Bonchev–Trinajstić information content (AvgIpc) is 2.04. The summed E-state index contributed by atoms with van der Waals surface area (Å²) in [4.78, 5) is 0.0795. The van der Waals surface area contributed by atoms with E-state index in [0.29, 0.717) is 6.42 Å². The van der Waals surface area contributed by atoms with Gasteiger partial charge in [-0.2, -0.15) is 0 Å². The number of halogens is 1. The van der Waals surface area contributed by atoms with Crippen LogP contribution in [-0.2, 0) is 15.5 Å². The second kappa shape index (κ2) is 4.09. The first-order chi connectivity index (χ1) is 6.04. The molecule has 0 bridgehead atoms. The first-order valence-electron chi connectivity index (χ1n) is 3.68. The summed E-state index contributed by atoms with van der Waals surface area (Å²) in [6.45, 7) is 0.0486. The van der Waals surface area contributed by atoms with Crippen molar-refractivity contribution in [1.29, 1.82) is 0 Å². The molecule has 0 spiro atoms. The fourth-order valence-corrected chi connectivity index (χ4v) is 1.72. The summed E-state index contributed by atoms with van der Waals surface area (Å²) in [5.74, 6) is 0. The van der Waals surface area contributed by atoms with Crippen LogP contribution in [0.5, 0.6) is 0 Å². The van der Waals surface area contributed by atoms with Crippen molar-refractivity contribution in [2.24, 2.45) is 0 Å². The summed E-state index contributed by atoms with van der Waals surface area (Å²) < 4.78 is 21.6. The molecular weight excluding hydrogens is 212 g/mol. The highest BCUT2D eigenvalue weighted by atomic mass is 35.7. The highest BCUT2D eigenvalue weighted by Crippen LogP contribution is 2.15. The van der Waals surface area contributed by atoms with Crippen LogP contribution in [0.2, 0.25) is 0 Å². The summed E-state index contributed by atoms with van der Waals surface area (Å²) in [7, 11) is 1.49. The third kappa shape index (κ3) is 2.99. The Morgan fingerprint density at radius 2 is 1.77 bits per heavy atom. The minimum Gasteiger partial charge on any atom is -0.396 e. The Kier molecular flexibility index (Phi) is 3.30. The number of hydrogen-bond acceptors (Lipinski definition) is 3. The fourth-order valence-electron chi connectivity index (χ4n) is 0.948. The molecule has 72 valence electrons. The molecule has 0 atom stereocenters. The molecular formula is C8H9ClO3S. The lowest BCUT2D eigenvalue weighted by atomic mass is 10.2. The molecule has 13 heavy (non-hydrogen) atoms. The third-order valence-corrected chi connectivity index (χ3v) is 2.98. The van der Waals surface area contributed by atoms with E-state index in [-0.39, 0.29) is 11.5 Å². The van der Waals surface area contributed by atoms with Crippen LogP contribution in [0.15, 0.2) is 29.2 Å². The summed E-state index contributed by atoms with van der Waals surface area (Å²) >= 11 is 0. The van der Waals surface area contributed by atoms with E-state index >= 15 is 0 Å². The maximum absolute atomic E-state index is 10.8. The molecule has 0 saturated carbocycles. The van der Waals surface area contributed by atoms with Crippen molar-refractivity contribution in [3.05, 3.63) is 29.8 Å². The zero-order chi connectivity index (χ0) is 9.90. The summed E-state index contributed by atoms with van der Waals surface area (Å²) in [5.41, 5.74) is 0.881. The standard InChI is InChI=1S/C8H9ClO3S/c9-13(11,12)8-3-1-7(2-4-8)5-6-10/h1-4,10H,5-6H2. The minimum absolute atomic E-state index is 0.0486. The number of aliphatic hydroxyl groups is 1. The van der Waals surface area contributed by atoms with Crippen molar-refractivity contribution >= 4 is 19.7 Å². The van der Waals surface area contributed by atoms with Gasteiger partial charge in [0.15, 0.2) is 0 Å². The van der Waals surface area contributed by atoms with Crippen LogP contribution in [0.25, 0.3) is 0 Å². The molecule has 0 heterocycles. The normalized spacial score (nSPS) is 11.5. The molecule has 0 radical (unpaired) electrons. The zero-order valence-electron chi connectivity index (χ0n) is 6.77. The van der Waals surface area contributed by atoms with Gasteiger partial charge in [0.25, 0.3) is 9.05 Å². The molecule has 0 amide bonds. The van der Waals surface area contributed by atoms with E-state index in [1.165, 1.54) is 12.1 Å². The van der Waals surface area contributed by atoms with Gasteiger partial charge in [0.2, 0.25) is 0 Å². The number of aliphatic hydroxyl groups excluding tert-OH is 1. The van der Waals surface area contributed by atoms with E-state index in [1.807, 2.05) is 0 Å². The van der Waals surface area contributed by atoms with Gasteiger partial charge in [0.05, 0.1) is 4.90 Å². The Labute approximate surface area is 81.4 Å². The van der Waals surface area contributed by atoms with Gasteiger partial charge in [-0.15, -0.1) is 0 Å². The highest BCUT2D eigenvalue weighted by molar-refractivity contribution is 8.13. The van der Waals surface area contributed by atoms with E-state index in [2.05, 4.69) is 0 Å². The molecule has 0 aliphatic heterocycles. The van der Waals surface area contributed by atoms with Crippen LogP contribution in [0.4, 0.5) is 0 Å². The first kappa shape index (κ1) is 10.5. The number of hydrogen-bond donors (Lipinski definition) is 1. The van der Waals surface area contributed by atoms with Gasteiger partial charge in [-0.3, -0.25) is 0 Å². The predicted molar refractivity (Wildman–Crippen MR) is 50.3 cm³/mol. The molecule has 5 heteroatoms. The molecule has 0 fully saturated rings. The maximum atomic E-state index is 10.8. The van der Waals surface area contributed by atoms with Crippen molar-refractivity contribution in [3.63, 3.8) is 0 Å². The van der Waals surface area contributed by atoms with Gasteiger partial charge in [-0.05, 0) is 24.1 Å². The molecule has 3 nitrogen and oxygen atoms in total. The molecule has 0 saturated heterocycles. The quantitative estimate of drug-likeness (QED) is 0.778. The molecule has 1 aromatic rings. The van der Waals surface area contributed by atoms with E-state index in [0.717, 1.165) is 5.56 Å². The Hall–Kier alpha value is -0.580. The van der Waals surface area contributed by atoms with E-state index in [4.69, 9.17) is 15.8 Å². The minimum atomic E-state index is -3.62. The van der Waals surface area contributed by atoms with Gasteiger partial charge in [0, 0.05) is 17.3 Å². The van der Waals surface area contributed by atoms with E-state index in [1.54, 1.807) is 12.1 Å². The van der Waals surface area contributed by atoms with Gasteiger partial charge in [-0.1, -0.05) is 12.1 Å². The second-order valence-electron chi connectivity index (χ2n) is 2.56. The van der Waals surface area contributed by atoms with Crippen molar-refractivity contribution in [3.8, 4) is 0 Å². The van der Waals surface area contributed by atoms with Crippen LogP contribution < -0.4 is 0 Å².